The van der Waals surface area contributed by atoms with Crippen molar-refractivity contribution in [1.29, 1.82) is 0 Å². The zero-order valence-electron chi connectivity index (χ0n) is 10.1. The van der Waals surface area contributed by atoms with Gasteiger partial charge in [0.15, 0.2) is 0 Å². The number of nitrogens with zero attached hydrogens (tertiary/aromatic N) is 1. The van der Waals surface area contributed by atoms with Gasteiger partial charge in [0.25, 0.3) is 0 Å². The predicted molar refractivity (Wildman–Crippen MR) is 72.6 cm³/mol. The second kappa shape index (κ2) is 6.50. The van der Waals surface area contributed by atoms with E-state index in [0.29, 0.717) is 12.6 Å². The molecule has 0 unspecified atom stereocenters. The van der Waals surface area contributed by atoms with E-state index in [2.05, 4.69) is 5.32 Å². The highest BCUT2D eigenvalue weighted by Gasteiger charge is 2.25. The van der Waals surface area contributed by atoms with Crippen molar-refractivity contribution >= 4 is 24.0 Å². The number of carbonyl (C=O) groups is 1. The van der Waals surface area contributed by atoms with Gasteiger partial charge < -0.3 is 10.2 Å². The Morgan fingerprint density at radius 3 is 2.53 bits per heavy atom. The predicted octanol–water partition coefficient (Wildman–Crippen LogP) is 2.53. The molecule has 1 saturated carbocycles. The zero-order valence-corrected chi connectivity index (χ0v) is 10.9. The maximum atomic E-state index is 11.8. The molecular formula is C13H19ClN2O. The van der Waals surface area contributed by atoms with Crippen LogP contribution in [0.4, 0.5) is 5.69 Å². The van der Waals surface area contributed by atoms with Crippen molar-refractivity contribution in [1.82, 2.24) is 4.90 Å². The molecule has 1 amide bonds. The van der Waals surface area contributed by atoms with Gasteiger partial charge >= 0.3 is 0 Å². The third-order valence-corrected chi connectivity index (χ3v) is 3.23. The minimum Gasteiger partial charge on any atom is -0.376 e. The molecule has 0 spiro atoms. The number of rotatable bonds is 4. The maximum Gasteiger partial charge on any atom is 0.241 e. The smallest absolute Gasteiger partial charge is 0.241 e. The highest BCUT2D eigenvalue weighted by Crippen LogP contribution is 2.23. The molecule has 0 bridgehead atoms. The average Bonchev–Trinajstić information content (AvgIpc) is 2.25. The van der Waals surface area contributed by atoms with Gasteiger partial charge in [0.2, 0.25) is 5.91 Å². The first-order valence-corrected chi connectivity index (χ1v) is 5.82. The molecule has 1 aromatic carbocycles. The monoisotopic (exact) mass is 254 g/mol. The van der Waals surface area contributed by atoms with Crippen LogP contribution in [0.5, 0.6) is 0 Å². The van der Waals surface area contributed by atoms with Crippen LogP contribution in [-0.2, 0) is 4.79 Å². The number of hydrogen-bond donors (Lipinski definition) is 1. The van der Waals surface area contributed by atoms with Crippen LogP contribution in [0.1, 0.15) is 19.3 Å². The Balaban J connectivity index is 0.00000144. The molecule has 0 radical (unpaired) electrons. The van der Waals surface area contributed by atoms with Gasteiger partial charge in [0.05, 0.1) is 6.54 Å². The summed E-state index contributed by atoms with van der Waals surface area (Å²) in [4.78, 5) is 13.7. The first-order chi connectivity index (χ1) is 7.77. The molecule has 17 heavy (non-hydrogen) atoms. The second-order valence-corrected chi connectivity index (χ2v) is 4.31. The molecular weight excluding hydrogens is 236 g/mol. The van der Waals surface area contributed by atoms with Crippen LogP contribution in [0.25, 0.3) is 0 Å². The third-order valence-electron chi connectivity index (χ3n) is 3.23. The summed E-state index contributed by atoms with van der Waals surface area (Å²) in [5, 5.41) is 3.14. The highest BCUT2D eigenvalue weighted by molar-refractivity contribution is 5.85. The lowest BCUT2D eigenvalue weighted by Gasteiger charge is -2.34. The van der Waals surface area contributed by atoms with E-state index in [1.807, 2.05) is 42.3 Å². The van der Waals surface area contributed by atoms with Gasteiger partial charge in [0.1, 0.15) is 0 Å². The average molecular weight is 255 g/mol. The number of amides is 1. The standard InChI is InChI=1S/C13H18N2O.ClH/c1-15(12-8-5-9-12)13(16)10-14-11-6-3-2-4-7-11;/h2-4,6-7,12,14H,5,8-10H2,1H3;1H. The Kier molecular flexibility index (Phi) is 5.29. The lowest BCUT2D eigenvalue weighted by molar-refractivity contribution is -0.131. The van der Waals surface area contributed by atoms with Gasteiger partial charge in [-0.3, -0.25) is 4.79 Å². The molecule has 1 aliphatic carbocycles. The van der Waals surface area contributed by atoms with Gasteiger partial charge in [-0.25, -0.2) is 0 Å². The van der Waals surface area contributed by atoms with E-state index in [9.17, 15) is 4.79 Å². The fraction of sp³-hybridized carbons (Fsp3) is 0.462. The van der Waals surface area contributed by atoms with E-state index in [1.165, 1.54) is 6.42 Å². The number of para-hydroxylation sites is 1. The summed E-state index contributed by atoms with van der Waals surface area (Å²) < 4.78 is 0. The summed E-state index contributed by atoms with van der Waals surface area (Å²) in [6, 6.07) is 10.3. The minimum atomic E-state index is 0. The molecule has 0 aliphatic heterocycles. The normalized spacial score (nSPS) is 14.4. The van der Waals surface area contributed by atoms with Crippen molar-refractivity contribution in [3.63, 3.8) is 0 Å². The van der Waals surface area contributed by atoms with Gasteiger partial charge in [0, 0.05) is 18.8 Å². The fourth-order valence-electron chi connectivity index (χ4n) is 1.84. The van der Waals surface area contributed by atoms with E-state index in [4.69, 9.17) is 0 Å². The first-order valence-electron chi connectivity index (χ1n) is 5.82. The van der Waals surface area contributed by atoms with Crippen LogP contribution in [0.2, 0.25) is 0 Å². The minimum absolute atomic E-state index is 0. The number of anilines is 1. The van der Waals surface area contributed by atoms with Crippen molar-refractivity contribution in [2.24, 2.45) is 0 Å². The molecule has 1 aromatic rings. The largest absolute Gasteiger partial charge is 0.376 e. The van der Waals surface area contributed by atoms with Crippen LogP contribution >= 0.6 is 12.4 Å². The van der Waals surface area contributed by atoms with Crippen molar-refractivity contribution < 1.29 is 4.79 Å². The second-order valence-electron chi connectivity index (χ2n) is 4.31. The zero-order chi connectivity index (χ0) is 11.4. The number of likely N-dealkylation sites (N-methyl/N-ethyl adjacent to an activating group) is 1. The van der Waals surface area contributed by atoms with Gasteiger partial charge in [-0.2, -0.15) is 0 Å². The Morgan fingerprint density at radius 2 is 2.00 bits per heavy atom. The van der Waals surface area contributed by atoms with E-state index < -0.39 is 0 Å². The number of benzene rings is 1. The number of carbonyl (C=O) groups excluding carboxylic acids is 1. The van der Waals surface area contributed by atoms with E-state index in [0.717, 1.165) is 18.5 Å². The number of halogens is 1. The van der Waals surface area contributed by atoms with E-state index in [-0.39, 0.29) is 18.3 Å². The molecule has 0 aromatic heterocycles. The fourth-order valence-corrected chi connectivity index (χ4v) is 1.84. The summed E-state index contributed by atoms with van der Waals surface area (Å²) in [6.07, 6.45) is 3.58. The van der Waals surface area contributed by atoms with Crippen LogP contribution in [-0.4, -0.2) is 30.4 Å². The van der Waals surface area contributed by atoms with Crippen LogP contribution < -0.4 is 5.32 Å². The summed E-state index contributed by atoms with van der Waals surface area (Å²) >= 11 is 0. The first kappa shape index (κ1) is 13.8. The van der Waals surface area contributed by atoms with Gasteiger partial charge in [-0.1, -0.05) is 18.2 Å². The maximum absolute atomic E-state index is 11.8. The lowest BCUT2D eigenvalue weighted by Crippen LogP contribution is -2.43. The van der Waals surface area contributed by atoms with Crippen LogP contribution in [0.15, 0.2) is 30.3 Å². The molecule has 3 nitrogen and oxygen atoms in total. The van der Waals surface area contributed by atoms with Gasteiger partial charge in [-0.05, 0) is 31.4 Å². The molecule has 4 heteroatoms. The summed E-state index contributed by atoms with van der Waals surface area (Å²) in [5.74, 6) is 0.175. The SMILES string of the molecule is CN(C(=O)CNc1ccccc1)C1CCC1.Cl. The molecule has 0 heterocycles. The number of hydrogen-bond acceptors (Lipinski definition) is 2. The van der Waals surface area contributed by atoms with Crippen LogP contribution in [0.3, 0.4) is 0 Å². The van der Waals surface area contributed by atoms with Crippen molar-refractivity contribution in [2.45, 2.75) is 25.3 Å². The Morgan fingerprint density at radius 1 is 1.35 bits per heavy atom. The molecule has 0 saturated heterocycles. The quantitative estimate of drug-likeness (QED) is 0.896. The summed E-state index contributed by atoms with van der Waals surface area (Å²) in [7, 11) is 1.90. The Bertz CT molecular complexity index is 352. The van der Waals surface area contributed by atoms with Crippen molar-refractivity contribution in [3.8, 4) is 0 Å². The molecule has 2 rings (SSSR count). The van der Waals surface area contributed by atoms with Gasteiger partial charge in [-0.15, -0.1) is 12.4 Å². The van der Waals surface area contributed by atoms with Crippen molar-refractivity contribution in [3.05, 3.63) is 30.3 Å². The molecule has 1 N–H and O–H groups in total. The summed E-state index contributed by atoms with van der Waals surface area (Å²) in [5.41, 5.74) is 0.998. The summed E-state index contributed by atoms with van der Waals surface area (Å²) in [6.45, 7) is 0.386. The number of nitrogens with one attached hydrogen (secondary N) is 1. The third kappa shape index (κ3) is 3.63. The topological polar surface area (TPSA) is 32.3 Å². The van der Waals surface area contributed by atoms with Crippen molar-refractivity contribution in [2.75, 3.05) is 18.9 Å². The van der Waals surface area contributed by atoms with Crippen LogP contribution in [0, 0.1) is 0 Å². The Hall–Kier alpha value is -1.22. The molecule has 94 valence electrons. The van der Waals surface area contributed by atoms with E-state index >= 15 is 0 Å². The molecule has 1 aliphatic rings. The lowest BCUT2D eigenvalue weighted by atomic mass is 9.92. The molecule has 0 atom stereocenters. The van der Waals surface area contributed by atoms with E-state index in [1.54, 1.807) is 0 Å². The Labute approximate surface area is 109 Å². The highest BCUT2D eigenvalue weighted by atomic mass is 35.5. The molecule has 1 fully saturated rings.